The van der Waals surface area contributed by atoms with E-state index < -0.39 is 5.97 Å². The maximum Gasteiger partial charge on any atom is 0.328 e. The van der Waals surface area contributed by atoms with E-state index in [0.29, 0.717) is 0 Å². The molecular formula is C11H12N2O2. The van der Waals surface area contributed by atoms with Gasteiger partial charge in [0, 0.05) is 18.3 Å². The van der Waals surface area contributed by atoms with E-state index in [9.17, 15) is 4.79 Å². The number of aliphatic carboxylic acids is 1. The number of carbonyl (C=O) groups is 1. The van der Waals surface area contributed by atoms with Crippen LogP contribution in [0.3, 0.4) is 0 Å². The van der Waals surface area contributed by atoms with E-state index in [1.807, 2.05) is 18.2 Å². The standard InChI is InChI=1S/C11H12N2O2/c14-11(15)4-2-8-1-3-9-6-12-7-13-10(9)5-8/h1-5,12-13H,6-7H2,(H,14,15)/b4-2+. The third-order valence-electron chi connectivity index (χ3n) is 2.27. The van der Waals surface area contributed by atoms with Gasteiger partial charge in [0.15, 0.2) is 0 Å². The van der Waals surface area contributed by atoms with Crippen LogP contribution in [0.2, 0.25) is 0 Å². The number of fused-ring (bicyclic) bond motifs is 1. The van der Waals surface area contributed by atoms with Crippen molar-refractivity contribution in [2.24, 2.45) is 0 Å². The summed E-state index contributed by atoms with van der Waals surface area (Å²) in [5.41, 5.74) is 3.17. The molecule has 0 amide bonds. The van der Waals surface area contributed by atoms with Gasteiger partial charge >= 0.3 is 5.97 Å². The van der Waals surface area contributed by atoms with E-state index in [1.54, 1.807) is 6.08 Å². The van der Waals surface area contributed by atoms with Gasteiger partial charge in [-0.2, -0.15) is 0 Å². The van der Waals surface area contributed by atoms with Gasteiger partial charge in [-0.25, -0.2) is 4.79 Å². The Labute approximate surface area is 87.6 Å². The SMILES string of the molecule is O=C(O)/C=C/c1ccc2c(c1)NCNC2. The van der Waals surface area contributed by atoms with E-state index in [4.69, 9.17) is 5.11 Å². The quantitative estimate of drug-likeness (QED) is 0.635. The number of nitrogens with one attached hydrogen (secondary N) is 2. The molecule has 78 valence electrons. The molecule has 0 aliphatic carbocycles. The predicted molar refractivity (Wildman–Crippen MR) is 58.4 cm³/mol. The number of anilines is 1. The Hall–Kier alpha value is -1.81. The molecule has 4 nitrogen and oxygen atoms in total. The molecular weight excluding hydrogens is 192 g/mol. The normalized spacial score (nSPS) is 14.7. The zero-order chi connectivity index (χ0) is 10.7. The van der Waals surface area contributed by atoms with E-state index in [2.05, 4.69) is 10.6 Å². The summed E-state index contributed by atoms with van der Waals surface area (Å²) in [6, 6.07) is 5.86. The zero-order valence-corrected chi connectivity index (χ0v) is 8.16. The molecule has 1 aliphatic rings. The van der Waals surface area contributed by atoms with E-state index in [-0.39, 0.29) is 0 Å². The molecule has 3 N–H and O–H groups in total. The first kappa shape index (κ1) is 9.73. The van der Waals surface area contributed by atoms with Crippen LogP contribution in [-0.2, 0) is 11.3 Å². The Bertz CT molecular complexity index is 413. The van der Waals surface area contributed by atoms with Crippen molar-refractivity contribution in [3.05, 3.63) is 35.4 Å². The lowest BCUT2D eigenvalue weighted by Gasteiger charge is -2.19. The minimum Gasteiger partial charge on any atom is -0.478 e. The van der Waals surface area contributed by atoms with Crippen molar-refractivity contribution in [2.45, 2.75) is 6.54 Å². The van der Waals surface area contributed by atoms with Gasteiger partial charge in [0.2, 0.25) is 0 Å². The Morgan fingerprint density at radius 2 is 2.33 bits per heavy atom. The highest BCUT2D eigenvalue weighted by Crippen LogP contribution is 2.20. The van der Waals surface area contributed by atoms with Gasteiger partial charge in [0.25, 0.3) is 0 Å². The van der Waals surface area contributed by atoms with Crippen molar-refractivity contribution in [3.8, 4) is 0 Å². The predicted octanol–water partition coefficient (Wildman–Crippen LogP) is 1.26. The van der Waals surface area contributed by atoms with Gasteiger partial charge < -0.3 is 10.4 Å². The third-order valence-corrected chi connectivity index (χ3v) is 2.27. The fraction of sp³-hybridized carbons (Fsp3) is 0.182. The van der Waals surface area contributed by atoms with Gasteiger partial charge in [-0.05, 0) is 23.3 Å². The Balaban J connectivity index is 2.24. The van der Waals surface area contributed by atoms with E-state index in [0.717, 1.165) is 30.5 Å². The second kappa shape index (κ2) is 4.14. The van der Waals surface area contributed by atoms with Gasteiger partial charge in [-0.15, -0.1) is 0 Å². The number of carboxylic acids is 1. The minimum absolute atomic E-state index is 0.749. The highest BCUT2D eigenvalue weighted by Gasteiger charge is 2.06. The maximum absolute atomic E-state index is 10.3. The summed E-state index contributed by atoms with van der Waals surface area (Å²) in [4.78, 5) is 10.3. The van der Waals surface area contributed by atoms with E-state index >= 15 is 0 Å². The van der Waals surface area contributed by atoms with Crippen LogP contribution in [0.5, 0.6) is 0 Å². The molecule has 0 unspecified atom stereocenters. The average molecular weight is 204 g/mol. The Morgan fingerprint density at radius 3 is 3.13 bits per heavy atom. The molecule has 1 aromatic rings. The summed E-state index contributed by atoms with van der Waals surface area (Å²) in [6.45, 7) is 1.60. The fourth-order valence-electron chi connectivity index (χ4n) is 1.54. The molecule has 0 saturated heterocycles. The van der Waals surface area contributed by atoms with Crippen molar-refractivity contribution in [1.82, 2.24) is 5.32 Å². The first-order valence-corrected chi connectivity index (χ1v) is 4.74. The van der Waals surface area contributed by atoms with Gasteiger partial charge in [-0.1, -0.05) is 12.1 Å². The lowest BCUT2D eigenvalue weighted by molar-refractivity contribution is -0.131. The van der Waals surface area contributed by atoms with Crippen molar-refractivity contribution in [3.63, 3.8) is 0 Å². The molecule has 2 rings (SSSR count). The van der Waals surface area contributed by atoms with Crippen molar-refractivity contribution < 1.29 is 9.90 Å². The van der Waals surface area contributed by atoms with Crippen LogP contribution >= 0.6 is 0 Å². The second-order valence-corrected chi connectivity index (χ2v) is 3.37. The number of benzene rings is 1. The highest BCUT2D eigenvalue weighted by molar-refractivity contribution is 5.85. The number of rotatable bonds is 2. The van der Waals surface area contributed by atoms with Crippen LogP contribution in [0.1, 0.15) is 11.1 Å². The highest BCUT2D eigenvalue weighted by atomic mass is 16.4. The molecule has 15 heavy (non-hydrogen) atoms. The van der Waals surface area contributed by atoms with Crippen molar-refractivity contribution in [1.29, 1.82) is 0 Å². The number of hydrogen-bond donors (Lipinski definition) is 3. The van der Waals surface area contributed by atoms with Crippen LogP contribution in [0.25, 0.3) is 6.08 Å². The van der Waals surface area contributed by atoms with Gasteiger partial charge in [-0.3, -0.25) is 5.32 Å². The fourth-order valence-corrected chi connectivity index (χ4v) is 1.54. The molecule has 0 radical (unpaired) electrons. The zero-order valence-electron chi connectivity index (χ0n) is 8.16. The topological polar surface area (TPSA) is 61.4 Å². The maximum atomic E-state index is 10.3. The molecule has 0 fully saturated rings. The molecule has 0 saturated carbocycles. The molecule has 4 heteroatoms. The van der Waals surface area contributed by atoms with Crippen LogP contribution < -0.4 is 10.6 Å². The van der Waals surface area contributed by atoms with Crippen LogP contribution in [0.15, 0.2) is 24.3 Å². The van der Waals surface area contributed by atoms with Gasteiger partial charge in [0.05, 0.1) is 6.67 Å². The number of carboxylic acid groups (broad SMARTS) is 1. The second-order valence-electron chi connectivity index (χ2n) is 3.37. The molecule has 1 heterocycles. The Kier molecular flexibility index (Phi) is 2.69. The van der Waals surface area contributed by atoms with Crippen LogP contribution in [0.4, 0.5) is 5.69 Å². The average Bonchev–Trinajstić information content (AvgIpc) is 2.26. The lowest BCUT2D eigenvalue weighted by atomic mass is 10.1. The first-order valence-electron chi connectivity index (χ1n) is 4.74. The summed E-state index contributed by atoms with van der Waals surface area (Å²) < 4.78 is 0. The molecule has 1 aliphatic heterocycles. The van der Waals surface area contributed by atoms with Crippen LogP contribution in [-0.4, -0.2) is 17.7 Å². The monoisotopic (exact) mass is 204 g/mol. The molecule has 0 bridgehead atoms. The summed E-state index contributed by atoms with van der Waals surface area (Å²) in [5.74, 6) is -0.928. The van der Waals surface area contributed by atoms with Gasteiger partial charge in [0.1, 0.15) is 0 Å². The summed E-state index contributed by atoms with van der Waals surface area (Å²) >= 11 is 0. The van der Waals surface area contributed by atoms with E-state index in [1.165, 1.54) is 5.56 Å². The van der Waals surface area contributed by atoms with Crippen LogP contribution in [0, 0.1) is 0 Å². The molecule has 0 atom stereocenters. The largest absolute Gasteiger partial charge is 0.478 e. The molecule has 0 spiro atoms. The smallest absolute Gasteiger partial charge is 0.328 e. The summed E-state index contributed by atoms with van der Waals surface area (Å²) in [5, 5.41) is 14.9. The Morgan fingerprint density at radius 1 is 1.47 bits per heavy atom. The third kappa shape index (κ3) is 2.35. The molecule has 0 aromatic heterocycles. The molecule has 1 aromatic carbocycles. The number of hydrogen-bond acceptors (Lipinski definition) is 3. The minimum atomic E-state index is -0.928. The summed E-state index contributed by atoms with van der Waals surface area (Å²) in [6.07, 6.45) is 2.73. The summed E-state index contributed by atoms with van der Waals surface area (Å²) in [7, 11) is 0. The van der Waals surface area contributed by atoms with Crippen molar-refractivity contribution >= 4 is 17.7 Å². The lowest BCUT2D eigenvalue weighted by Crippen LogP contribution is -2.27. The first-order chi connectivity index (χ1) is 7.25. The van der Waals surface area contributed by atoms with Crippen molar-refractivity contribution in [2.75, 3.05) is 12.0 Å².